The molecule has 0 saturated carbocycles. The number of hydrogen-bond acceptors (Lipinski definition) is 11. The number of rotatable bonds is 16. The minimum absolute atomic E-state index is 0.000951. The predicted molar refractivity (Wildman–Crippen MR) is 112 cm³/mol. The van der Waals surface area contributed by atoms with Crippen molar-refractivity contribution in [2.45, 2.75) is 77.0 Å². The molecule has 4 amide bonds. The third-order valence-electron chi connectivity index (χ3n) is 5.10. The molecule has 0 aliphatic carbocycles. The maximum absolute atomic E-state index is 11.8. The molecule has 13 nitrogen and oxygen atoms in total. The van der Waals surface area contributed by atoms with E-state index in [1.165, 1.54) is 0 Å². The minimum Gasteiger partial charge on any atom is -0.381 e. The highest BCUT2D eigenvalue weighted by Gasteiger charge is 2.33. The van der Waals surface area contributed by atoms with Crippen LogP contribution >= 0.6 is 0 Å². The van der Waals surface area contributed by atoms with Gasteiger partial charge < -0.3 is 14.4 Å². The molecule has 0 spiro atoms. The van der Waals surface area contributed by atoms with Gasteiger partial charge in [0.25, 0.3) is 23.6 Å². The second-order valence-electron chi connectivity index (χ2n) is 7.99. The zero-order chi connectivity index (χ0) is 25.8. The molecule has 2 aliphatic rings. The first-order valence-corrected chi connectivity index (χ1v) is 11.4. The number of nitrogens with zero attached hydrogens (tertiary/aromatic N) is 2. The average Bonchev–Trinajstić information content (AvgIpc) is 3.31. The van der Waals surface area contributed by atoms with Crippen LogP contribution in [0.15, 0.2) is 0 Å². The SMILES string of the molecule is O=C(CCCOCCCC(=O)CCC(=O)ON1C(=O)CCC1=O)CCC(=O)ON1C(=O)CCC1=O. The Morgan fingerprint density at radius 2 is 0.886 bits per heavy atom. The van der Waals surface area contributed by atoms with Gasteiger partial charge in [0.15, 0.2) is 0 Å². The summed E-state index contributed by atoms with van der Waals surface area (Å²) in [5.74, 6) is -4.35. The van der Waals surface area contributed by atoms with Gasteiger partial charge >= 0.3 is 11.9 Å². The molecule has 2 fully saturated rings. The van der Waals surface area contributed by atoms with E-state index < -0.39 is 35.6 Å². The smallest absolute Gasteiger partial charge is 0.333 e. The van der Waals surface area contributed by atoms with Crippen LogP contribution in [0.5, 0.6) is 0 Å². The fourth-order valence-electron chi connectivity index (χ4n) is 3.19. The average molecular weight is 496 g/mol. The van der Waals surface area contributed by atoms with Gasteiger partial charge in [-0.1, -0.05) is 0 Å². The Balaban J connectivity index is 1.43. The van der Waals surface area contributed by atoms with Crippen molar-refractivity contribution in [1.29, 1.82) is 0 Å². The summed E-state index contributed by atoms with van der Waals surface area (Å²) in [6.45, 7) is 0.566. The van der Waals surface area contributed by atoms with Crippen molar-refractivity contribution in [3.63, 3.8) is 0 Å². The van der Waals surface area contributed by atoms with Crippen molar-refractivity contribution in [2.75, 3.05) is 13.2 Å². The van der Waals surface area contributed by atoms with Crippen LogP contribution in [-0.2, 0) is 52.8 Å². The first-order chi connectivity index (χ1) is 16.7. The van der Waals surface area contributed by atoms with E-state index in [4.69, 9.17) is 4.74 Å². The summed E-state index contributed by atoms with van der Waals surface area (Å²) in [6.07, 6.45) is 0.563. The molecule has 0 aromatic carbocycles. The van der Waals surface area contributed by atoms with Crippen LogP contribution in [0.1, 0.15) is 77.0 Å². The van der Waals surface area contributed by atoms with Gasteiger partial charge in [-0.3, -0.25) is 28.8 Å². The van der Waals surface area contributed by atoms with E-state index in [0.29, 0.717) is 23.0 Å². The monoisotopic (exact) mass is 496 g/mol. The number of amides is 4. The van der Waals surface area contributed by atoms with E-state index in [9.17, 15) is 38.4 Å². The maximum atomic E-state index is 11.8. The standard InChI is InChI=1S/C22H28N2O11/c25-15(5-11-21(31)34-23-17(27)7-8-18(23)28)3-1-13-33-14-2-4-16(26)6-12-22(32)35-24-19(29)9-10-20(24)30/h1-14H2. The summed E-state index contributed by atoms with van der Waals surface area (Å²) in [5, 5.41) is 0.881. The number of hydrogen-bond donors (Lipinski definition) is 0. The van der Waals surface area contributed by atoms with Crippen LogP contribution in [-0.4, -0.2) is 70.5 Å². The van der Waals surface area contributed by atoms with Crippen molar-refractivity contribution in [2.24, 2.45) is 0 Å². The van der Waals surface area contributed by atoms with Crippen LogP contribution in [0.3, 0.4) is 0 Å². The highest BCUT2D eigenvalue weighted by molar-refractivity contribution is 6.02. The molecule has 2 aliphatic heterocycles. The molecule has 2 heterocycles. The number of imide groups is 2. The Bertz CT molecular complexity index is 781. The Hall–Kier alpha value is -3.48. The highest BCUT2D eigenvalue weighted by atomic mass is 16.7. The first-order valence-electron chi connectivity index (χ1n) is 11.4. The van der Waals surface area contributed by atoms with E-state index >= 15 is 0 Å². The molecular weight excluding hydrogens is 468 g/mol. The fraction of sp³-hybridized carbons (Fsp3) is 0.636. The molecule has 192 valence electrons. The van der Waals surface area contributed by atoms with Gasteiger partial charge in [0.1, 0.15) is 11.6 Å². The molecular formula is C22H28N2O11. The number of ether oxygens (including phenoxy) is 1. The quantitative estimate of drug-likeness (QED) is 0.215. The van der Waals surface area contributed by atoms with E-state index in [0.717, 1.165) is 0 Å². The van der Waals surface area contributed by atoms with E-state index in [-0.39, 0.29) is 89.0 Å². The molecule has 0 aromatic heterocycles. The molecule has 2 rings (SSSR count). The minimum atomic E-state index is -0.825. The van der Waals surface area contributed by atoms with Crippen molar-refractivity contribution in [1.82, 2.24) is 10.1 Å². The van der Waals surface area contributed by atoms with Gasteiger partial charge in [-0.25, -0.2) is 9.59 Å². The lowest BCUT2D eigenvalue weighted by Gasteiger charge is -2.12. The number of hydroxylamine groups is 4. The summed E-state index contributed by atoms with van der Waals surface area (Å²) >= 11 is 0. The highest BCUT2D eigenvalue weighted by Crippen LogP contribution is 2.14. The lowest BCUT2D eigenvalue weighted by Crippen LogP contribution is -2.32. The first kappa shape index (κ1) is 27.8. The van der Waals surface area contributed by atoms with Gasteiger partial charge in [0.2, 0.25) is 0 Å². The maximum Gasteiger partial charge on any atom is 0.333 e. The van der Waals surface area contributed by atoms with Crippen molar-refractivity contribution in [3.05, 3.63) is 0 Å². The molecule has 0 aromatic rings. The Labute approximate surface area is 200 Å². The van der Waals surface area contributed by atoms with Crippen molar-refractivity contribution < 1.29 is 52.8 Å². The fourth-order valence-corrected chi connectivity index (χ4v) is 3.19. The van der Waals surface area contributed by atoms with Crippen molar-refractivity contribution >= 4 is 47.1 Å². The van der Waals surface area contributed by atoms with Crippen LogP contribution in [0, 0.1) is 0 Å². The molecule has 35 heavy (non-hydrogen) atoms. The number of carbonyl (C=O) groups excluding carboxylic acids is 8. The molecule has 0 bridgehead atoms. The Kier molecular flexibility index (Phi) is 11.1. The molecule has 0 N–H and O–H groups in total. The second kappa shape index (κ2) is 14.0. The number of Topliss-reactive ketones (excluding diaryl/α,β-unsaturated/α-hetero) is 2. The van der Waals surface area contributed by atoms with E-state index in [1.54, 1.807) is 0 Å². The van der Waals surface area contributed by atoms with Crippen LogP contribution in [0.2, 0.25) is 0 Å². The molecule has 0 atom stereocenters. The van der Waals surface area contributed by atoms with E-state index in [2.05, 4.69) is 9.68 Å². The molecule has 2 saturated heterocycles. The zero-order valence-electron chi connectivity index (χ0n) is 19.3. The summed E-state index contributed by atoms with van der Waals surface area (Å²) in [4.78, 5) is 102. The summed E-state index contributed by atoms with van der Waals surface area (Å²) in [5.41, 5.74) is 0. The molecule has 13 heteroatoms. The van der Waals surface area contributed by atoms with Gasteiger partial charge in [0, 0.05) is 64.6 Å². The molecule has 0 unspecified atom stereocenters. The van der Waals surface area contributed by atoms with Gasteiger partial charge in [0.05, 0.1) is 12.8 Å². The van der Waals surface area contributed by atoms with Gasteiger partial charge in [-0.15, -0.1) is 10.1 Å². The van der Waals surface area contributed by atoms with E-state index in [1.807, 2.05) is 0 Å². The summed E-state index contributed by atoms with van der Waals surface area (Å²) < 4.78 is 5.36. The third-order valence-corrected chi connectivity index (χ3v) is 5.10. The van der Waals surface area contributed by atoms with Crippen LogP contribution in [0.4, 0.5) is 0 Å². The summed E-state index contributed by atoms with van der Waals surface area (Å²) in [7, 11) is 0. The van der Waals surface area contributed by atoms with Crippen molar-refractivity contribution in [3.8, 4) is 0 Å². The lowest BCUT2D eigenvalue weighted by molar-refractivity contribution is -0.197. The number of ketones is 2. The Morgan fingerprint density at radius 1 is 0.543 bits per heavy atom. The Morgan fingerprint density at radius 3 is 1.23 bits per heavy atom. The lowest BCUT2D eigenvalue weighted by atomic mass is 10.1. The third kappa shape index (κ3) is 9.73. The topological polar surface area (TPSA) is 171 Å². The zero-order valence-corrected chi connectivity index (χ0v) is 19.3. The van der Waals surface area contributed by atoms with Gasteiger partial charge in [-0.05, 0) is 12.8 Å². The summed E-state index contributed by atoms with van der Waals surface area (Å²) in [6, 6.07) is 0. The predicted octanol–water partition coefficient (Wildman–Crippen LogP) is 0.476. The largest absolute Gasteiger partial charge is 0.381 e. The van der Waals surface area contributed by atoms with Crippen LogP contribution < -0.4 is 0 Å². The number of carbonyl (C=O) groups is 8. The normalized spacial score (nSPS) is 15.7. The van der Waals surface area contributed by atoms with Gasteiger partial charge in [-0.2, -0.15) is 0 Å². The molecule has 0 radical (unpaired) electrons. The second-order valence-corrected chi connectivity index (χ2v) is 7.99. The van der Waals surface area contributed by atoms with Crippen LogP contribution in [0.25, 0.3) is 0 Å².